The molecule has 0 bridgehead atoms. The van der Waals surface area contributed by atoms with Gasteiger partial charge in [-0.2, -0.15) is 0 Å². The van der Waals surface area contributed by atoms with Gasteiger partial charge in [-0.25, -0.2) is 4.39 Å². The van der Waals surface area contributed by atoms with Crippen molar-refractivity contribution in [3.63, 3.8) is 0 Å². The Bertz CT molecular complexity index is 1030. The number of hydrogen-bond donors (Lipinski definition) is 1. The van der Waals surface area contributed by atoms with Gasteiger partial charge in [0.1, 0.15) is 5.82 Å². The molecule has 1 fully saturated rings. The summed E-state index contributed by atoms with van der Waals surface area (Å²) in [7, 11) is 0. The lowest BCUT2D eigenvalue weighted by Gasteiger charge is -2.33. The highest BCUT2D eigenvalue weighted by Gasteiger charge is 2.32. The van der Waals surface area contributed by atoms with Crippen molar-refractivity contribution in [1.82, 2.24) is 4.98 Å². The average Bonchev–Trinajstić information content (AvgIpc) is 2.76. The van der Waals surface area contributed by atoms with E-state index in [1.165, 1.54) is 11.6 Å². The molecular weight excluding hydrogens is 399 g/mol. The Labute approximate surface area is 181 Å². The SMILES string of the molecule is CCC(C(=O)Nc1ccc(Cl)cc1)C1CCC(c2ccnc3ccc(F)cc23)CC1. The molecule has 0 aliphatic heterocycles. The van der Waals surface area contributed by atoms with Crippen LogP contribution in [-0.2, 0) is 4.79 Å². The van der Waals surface area contributed by atoms with Crippen molar-refractivity contribution >= 4 is 34.1 Å². The number of anilines is 1. The first kappa shape index (κ1) is 20.8. The number of amides is 1. The predicted octanol–water partition coefficient (Wildman–Crippen LogP) is 6.97. The largest absolute Gasteiger partial charge is 0.326 e. The van der Waals surface area contributed by atoms with Crippen LogP contribution >= 0.6 is 11.6 Å². The minimum atomic E-state index is -0.227. The van der Waals surface area contributed by atoms with Crippen LogP contribution in [-0.4, -0.2) is 10.9 Å². The number of halogens is 2. The van der Waals surface area contributed by atoms with Crippen molar-refractivity contribution in [1.29, 1.82) is 0 Å². The van der Waals surface area contributed by atoms with E-state index in [1.807, 2.05) is 24.4 Å². The second-order valence-corrected chi connectivity index (χ2v) is 8.62. The van der Waals surface area contributed by atoms with Gasteiger partial charge in [-0.05, 0) is 98.0 Å². The quantitative estimate of drug-likeness (QED) is 0.480. The lowest BCUT2D eigenvalue weighted by atomic mass is 9.72. The second kappa shape index (κ2) is 9.13. The van der Waals surface area contributed by atoms with Gasteiger partial charge in [0.05, 0.1) is 5.52 Å². The standard InChI is InChI=1S/C25H26ClFN2O/c1-2-21(25(30)29-20-10-7-18(26)8-11-20)16-3-5-17(6-4-16)22-13-14-28-24-12-9-19(27)15-23(22)24/h7-17,21H,2-6H2,1H3,(H,29,30). The molecule has 1 atom stereocenters. The molecule has 1 unspecified atom stereocenters. The molecule has 3 aromatic rings. The normalized spacial score (nSPS) is 20.1. The van der Waals surface area contributed by atoms with E-state index in [-0.39, 0.29) is 17.6 Å². The Morgan fingerprint density at radius 3 is 2.57 bits per heavy atom. The molecule has 1 heterocycles. The molecule has 1 amide bonds. The molecule has 0 saturated heterocycles. The fraction of sp³-hybridized carbons (Fsp3) is 0.360. The number of pyridine rings is 1. The predicted molar refractivity (Wildman–Crippen MR) is 120 cm³/mol. The first-order valence-corrected chi connectivity index (χ1v) is 11.0. The molecule has 1 aliphatic carbocycles. The third-order valence-corrected chi connectivity index (χ3v) is 6.66. The molecule has 4 rings (SSSR count). The summed E-state index contributed by atoms with van der Waals surface area (Å²) in [5, 5.41) is 4.61. The van der Waals surface area contributed by atoms with Crippen molar-refractivity contribution in [2.45, 2.75) is 44.9 Å². The van der Waals surface area contributed by atoms with E-state index in [1.54, 1.807) is 24.3 Å². The van der Waals surface area contributed by atoms with E-state index in [0.717, 1.165) is 48.7 Å². The Morgan fingerprint density at radius 1 is 1.13 bits per heavy atom. The smallest absolute Gasteiger partial charge is 0.227 e. The molecule has 5 heteroatoms. The van der Waals surface area contributed by atoms with Gasteiger partial charge in [0.15, 0.2) is 0 Å². The van der Waals surface area contributed by atoms with Crippen LogP contribution in [0.1, 0.15) is 50.5 Å². The summed E-state index contributed by atoms with van der Waals surface area (Å²) in [5.41, 5.74) is 2.79. The fourth-order valence-electron chi connectivity index (χ4n) is 4.83. The molecule has 156 valence electrons. The van der Waals surface area contributed by atoms with Crippen LogP contribution in [0.2, 0.25) is 5.02 Å². The summed E-state index contributed by atoms with van der Waals surface area (Å²) in [6, 6.07) is 14.1. The van der Waals surface area contributed by atoms with E-state index in [2.05, 4.69) is 17.2 Å². The molecule has 1 N–H and O–H groups in total. The van der Waals surface area contributed by atoms with E-state index < -0.39 is 0 Å². The van der Waals surface area contributed by atoms with Crippen molar-refractivity contribution < 1.29 is 9.18 Å². The van der Waals surface area contributed by atoms with E-state index in [4.69, 9.17) is 11.6 Å². The summed E-state index contributed by atoms with van der Waals surface area (Å²) >= 11 is 5.93. The summed E-state index contributed by atoms with van der Waals surface area (Å²) in [5.74, 6) is 0.595. The number of carbonyl (C=O) groups is 1. The maximum absolute atomic E-state index is 13.8. The van der Waals surface area contributed by atoms with E-state index in [0.29, 0.717) is 16.9 Å². The number of fused-ring (bicyclic) bond motifs is 1. The van der Waals surface area contributed by atoms with Crippen molar-refractivity contribution in [2.75, 3.05) is 5.32 Å². The van der Waals surface area contributed by atoms with Gasteiger partial charge >= 0.3 is 0 Å². The Hall–Kier alpha value is -2.46. The maximum atomic E-state index is 13.8. The van der Waals surface area contributed by atoms with Crippen LogP contribution in [0.25, 0.3) is 10.9 Å². The summed E-state index contributed by atoms with van der Waals surface area (Å²) in [6.07, 6.45) is 6.64. The van der Waals surface area contributed by atoms with Gasteiger partial charge in [0.25, 0.3) is 0 Å². The maximum Gasteiger partial charge on any atom is 0.227 e. The number of hydrogen-bond acceptors (Lipinski definition) is 2. The first-order valence-electron chi connectivity index (χ1n) is 10.7. The molecule has 30 heavy (non-hydrogen) atoms. The molecule has 2 aromatic carbocycles. The Balaban J connectivity index is 1.44. The highest BCUT2D eigenvalue weighted by Crippen LogP contribution is 2.41. The molecular formula is C25H26ClFN2O. The zero-order valence-electron chi connectivity index (χ0n) is 17.1. The van der Waals surface area contributed by atoms with Crippen LogP contribution in [0.4, 0.5) is 10.1 Å². The van der Waals surface area contributed by atoms with Crippen LogP contribution in [0.3, 0.4) is 0 Å². The van der Waals surface area contributed by atoms with Crippen molar-refractivity contribution in [2.24, 2.45) is 11.8 Å². The lowest BCUT2D eigenvalue weighted by Crippen LogP contribution is -2.31. The third-order valence-electron chi connectivity index (χ3n) is 6.41. The summed E-state index contributed by atoms with van der Waals surface area (Å²) < 4.78 is 13.8. The van der Waals surface area contributed by atoms with Crippen LogP contribution in [0.5, 0.6) is 0 Å². The number of aromatic nitrogens is 1. The minimum absolute atomic E-state index is 0.00624. The molecule has 3 nitrogen and oxygen atoms in total. The summed E-state index contributed by atoms with van der Waals surface area (Å²) in [6.45, 7) is 2.08. The fourth-order valence-corrected chi connectivity index (χ4v) is 4.96. The Morgan fingerprint density at radius 2 is 1.87 bits per heavy atom. The minimum Gasteiger partial charge on any atom is -0.326 e. The van der Waals surface area contributed by atoms with Gasteiger partial charge in [0.2, 0.25) is 5.91 Å². The van der Waals surface area contributed by atoms with Crippen LogP contribution in [0, 0.1) is 17.7 Å². The number of nitrogens with zero attached hydrogens (tertiary/aromatic N) is 1. The number of benzene rings is 2. The second-order valence-electron chi connectivity index (χ2n) is 8.18. The zero-order chi connectivity index (χ0) is 21.1. The van der Waals surface area contributed by atoms with E-state index >= 15 is 0 Å². The highest BCUT2D eigenvalue weighted by molar-refractivity contribution is 6.30. The van der Waals surface area contributed by atoms with Crippen LogP contribution < -0.4 is 5.32 Å². The third kappa shape index (κ3) is 4.49. The van der Waals surface area contributed by atoms with Gasteiger partial charge in [-0.15, -0.1) is 0 Å². The van der Waals surface area contributed by atoms with Gasteiger partial charge < -0.3 is 5.32 Å². The van der Waals surface area contributed by atoms with E-state index in [9.17, 15) is 9.18 Å². The molecule has 1 aromatic heterocycles. The van der Waals surface area contributed by atoms with Gasteiger partial charge in [0, 0.05) is 28.2 Å². The lowest BCUT2D eigenvalue weighted by molar-refractivity contribution is -0.122. The molecule has 0 radical (unpaired) electrons. The van der Waals surface area contributed by atoms with Gasteiger partial charge in [-0.1, -0.05) is 18.5 Å². The monoisotopic (exact) mass is 424 g/mol. The van der Waals surface area contributed by atoms with Crippen LogP contribution in [0.15, 0.2) is 54.7 Å². The van der Waals surface area contributed by atoms with Crippen molar-refractivity contribution in [3.05, 3.63) is 71.1 Å². The van der Waals surface area contributed by atoms with Gasteiger partial charge in [-0.3, -0.25) is 9.78 Å². The number of rotatable bonds is 5. The molecule has 0 spiro atoms. The molecule has 1 aliphatic rings. The topological polar surface area (TPSA) is 42.0 Å². The first-order chi connectivity index (χ1) is 14.5. The highest BCUT2D eigenvalue weighted by atomic mass is 35.5. The summed E-state index contributed by atoms with van der Waals surface area (Å²) in [4.78, 5) is 17.3. The zero-order valence-corrected chi connectivity index (χ0v) is 17.8. The van der Waals surface area contributed by atoms with Crippen molar-refractivity contribution in [3.8, 4) is 0 Å². The molecule has 1 saturated carbocycles. The Kier molecular flexibility index (Phi) is 6.33. The number of carbonyl (C=O) groups excluding carboxylic acids is 1. The average molecular weight is 425 g/mol. The number of nitrogens with one attached hydrogen (secondary N) is 1.